The zero-order chi connectivity index (χ0) is 12.6. The zero-order valence-electron chi connectivity index (χ0n) is 9.93. The third kappa shape index (κ3) is 1.89. The quantitative estimate of drug-likeness (QED) is 0.835. The van der Waals surface area contributed by atoms with Gasteiger partial charge in [0.25, 0.3) is 0 Å². The first-order valence-electron chi connectivity index (χ1n) is 5.59. The molecule has 1 aliphatic rings. The first kappa shape index (κ1) is 11.9. The summed E-state index contributed by atoms with van der Waals surface area (Å²) in [5.41, 5.74) is 0.407. The normalized spacial score (nSPS) is 26.6. The van der Waals surface area contributed by atoms with E-state index < -0.39 is 11.6 Å². The van der Waals surface area contributed by atoms with Crippen molar-refractivity contribution in [1.82, 2.24) is 0 Å². The predicted octanol–water partition coefficient (Wildman–Crippen LogP) is 1.55. The fourth-order valence-electron chi connectivity index (χ4n) is 2.53. The van der Waals surface area contributed by atoms with E-state index in [1.165, 1.54) is 0 Å². The second-order valence-corrected chi connectivity index (χ2v) is 4.62. The number of fused-ring (bicyclic) bond motifs is 1. The van der Waals surface area contributed by atoms with Gasteiger partial charge in [-0.15, -0.1) is 0 Å². The van der Waals surface area contributed by atoms with Crippen molar-refractivity contribution in [3.63, 3.8) is 0 Å². The Balaban J connectivity index is 2.47. The number of carboxylic acid groups (broad SMARTS) is 1. The fraction of sp³-hybridized carbons (Fsp3) is 0.462. The van der Waals surface area contributed by atoms with Crippen LogP contribution >= 0.6 is 0 Å². The second-order valence-electron chi connectivity index (χ2n) is 4.62. The van der Waals surface area contributed by atoms with Gasteiger partial charge in [0.15, 0.2) is 0 Å². The van der Waals surface area contributed by atoms with E-state index in [0.29, 0.717) is 17.7 Å². The van der Waals surface area contributed by atoms with Gasteiger partial charge in [-0.2, -0.15) is 0 Å². The van der Waals surface area contributed by atoms with Crippen molar-refractivity contribution < 1.29 is 19.7 Å². The molecule has 4 heteroatoms. The molecule has 0 bridgehead atoms. The van der Waals surface area contributed by atoms with E-state index >= 15 is 0 Å². The van der Waals surface area contributed by atoms with Crippen LogP contribution in [0, 0.1) is 5.92 Å². The molecule has 2 rings (SSSR count). The van der Waals surface area contributed by atoms with Gasteiger partial charge < -0.3 is 14.9 Å². The van der Waals surface area contributed by atoms with Gasteiger partial charge in [0, 0.05) is 0 Å². The molecule has 0 spiro atoms. The standard InChI is InChI=1S/C13H16O4/c1-8-5-9-3-4-10(17-2)6-11(9)13(8,16)7-12(14)15/h3-4,6,8,16H,5,7H2,1-2H3,(H,14,15). The highest BCUT2D eigenvalue weighted by molar-refractivity contribution is 5.69. The van der Waals surface area contributed by atoms with Crippen LogP contribution in [-0.2, 0) is 16.8 Å². The third-order valence-corrected chi connectivity index (χ3v) is 3.55. The Morgan fingerprint density at radius 1 is 1.59 bits per heavy atom. The maximum absolute atomic E-state index is 10.9. The van der Waals surface area contributed by atoms with E-state index in [2.05, 4.69) is 0 Å². The molecule has 1 aromatic rings. The maximum Gasteiger partial charge on any atom is 0.306 e. The number of aliphatic carboxylic acids is 1. The molecule has 0 saturated heterocycles. The number of benzene rings is 1. The molecule has 1 aromatic carbocycles. The lowest BCUT2D eigenvalue weighted by atomic mass is 9.85. The molecular weight excluding hydrogens is 220 g/mol. The molecule has 0 aliphatic heterocycles. The minimum Gasteiger partial charge on any atom is -0.497 e. The molecule has 0 heterocycles. The number of carboxylic acids is 1. The molecule has 2 unspecified atom stereocenters. The third-order valence-electron chi connectivity index (χ3n) is 3.55. The average molecular weight is 236 g/mol. The van der Waals surface area contributed by atoms with Crippen LogP contribution in [0.2, 0.25) is 0 Å². The van der Waals surface area contributed by atoms with E-state index in [1.54, 1.807) is 13.2 Å². The number of hydrogen-bond donors (Lipinski definition) is 2. The van der Waals surface area contributed by atoms with Crippen LogP contribution < -0.4 is 4.74 Å². The highest BCUT2D eigenvalue weighted by Crippen LogP contribution is 2.44. The Morgan fingerprint density at radius 2 is 2.29 bits per heavy atom. The smallest absolute Gasteiger partial charge is 0.306 e. The second kappa shape index (κ2) is 4.04. The Labute approximate surface area is 99.8 Å². The molecule has 2 atom stereocenters. The first-order valence-corrected chi connectivity index (χ1v) is 5.59. The number of methoxy groups -OCH3 is 1. The number of ether oxygens (including phenoxy) is 1. The molecule has 1 aliphatic carbocycles. The van der Waals surface area contributed by atoms with E-state index in [9.17, 15) is 9.90 Å². The Bertz CT molecular complexity index is 455. The summed E-state index contributed by atoms with van der Waals surface area (Å²) in [4.78, 5) is 10.9. The number of hydrogen-bond acceptors (Lipinski definition) is 3. The van der Waals surface area contributed by atoms with Gasteiger partial charge in [-0.25, -0.2) is 0 Å². The monoisotopic (exact) mass is 236 g/mol. The lowest BCUT2D eigenvalue weighted by molar-refractivity contribution is -0.144. The molecule has 2 N–H and O–H groups in total. The van der Waals surface area contributed by atoms with Crippen molar-refractivity contribution in [3.05, 3.63) is 29.3 Å². The average Bonchev–Trinajstić information content (AvgIpc) is 2.50. The van der Waals surface area contributed by atoms with Crippen LogP contribution in [0.5, 0.6) is 5.75 Å². The molecule has 0 radical (unpaired) electrons. The van der Waals surface area contributed by atoms with Gasteiger partial charge in [0.1, 0.15) is 11.4 Å². The predicted molar refractivity (Wildman–Crippen MR) is 62.0 cm³/mol. The van der Waals surface area contributed by atoms with Crippen molar-refractivity contribution in [2.45, 2.75) is 25.4 Å². The summed E-state index contributed by atoms with van der Waals surface area (Å²) in [5.74, 6) is -0.447. The molecular formula is C13H16O4. The van der Waals surface area contributed by atoms with Gasteiger partial charge in [-0.1, -0.05) is 13.0 Å². The highest BCUT2D eigenvalue weighted by Gasteiger charge is 2.44. The zero-order valence-corrected chi connectivity index (χ0v) is 9.93. The summed E-state index contributed by atoms with van der Waals surface area (Å²) in [7, 11) is 1.55. The van der Waals surface area contributed by atoms with Crippen molar-refractivity contribution in [2.75, 3.05) is 7.11 Å². The molecule has 4 nitrogen and oxygen atoms in total. The van der Waals surface area contributed by atoms with Crippen LogP contribution in [0.1, 0.15) is 24.5 Å². The first-order chi connectivity index (χ1) is 7.97. The van der Waals surface area contributed by atoms with Gasteiger partial charge in [-0.05, 0) is 35.6 Å². The molecule has 0 amide bonds. The van der Waals surface area contributed by atoms with E-state index in [1.807, 2.05) is 19.1 Å². The van der Waals surface area contributed by atoms with Crippen molar-refractivity contribution in [1.29, 1.82) is 0 Å². The molecule has 92 valence electrons. The van der Waals surface area contributed by atoms with Crippen LogP contribution in [0.15, 0.2) is 18.2 Å². The molecule has 0 aromatic heterocycles. The van der Waals surface area contributed by atoms with E-state index in [-0.39, 0.29) is 12.3 Å². The summed E-state index contributed by atoms with van der Waals surface area (Å²) in [6.45, 7) is 1.87. The topological polar surface area (TPSA) is 66.8 Å². The lowest BCUT2D eigenvalue weighted by Gasteiger charge is -2.27. The summed E-state index contributed by atoms with van der Waals surface area (Å²) >= 11 is 0. The van der Waals surface area contributed by atoms with Crippen LogP contribution in [-0.4, -0.2) is 23.3 Å². The van der Waals surface area contributed by atoms with Gasteiger partial charge in [-0.3, -0.25) is 4.79 Å². The van der Waals surface area contributed by atoms with E-state index in [0.717, 1.165) is 5.56 Å². The number of aliphatic hydroxyl groups is 1. The lowest BCUT2D eigenvalue weighted by Crippen LogP contribution is -2.32. The SMILES string of the molecule is COc1ccc2c(c1)C(O)(CC(=O)O)C(C)C2. The number of carbonyl (C=O) groups is 1. The van der Waals surface area contributed by atoms with Crippen LogP contribution in [0.25, 0.3) is 0 Å². The minimum absolute atomic E-state index is 0.0966. The number of rotatable bonds is 3. The van der Waals surface area contributed by atoms with Crippen molar-refractivity contribution >= 4 is 5.97 Å². The van der Waals surface area contributed by atoms with Crippen LogP contribution in [0.3, 0.4) is 0 Å². The Kier molecular flexibility index (Phi) is 2.83. The van der Waals surface area contributed by atoms with Crippen LogP contribution in [0.4, 0.5) is 0 Å². The van der Waals surface area contributed by atoms with Gasteiger partial charge in [0.2, 0.25) is 0 Å². The molecule has 17 heavy (non-hydrogen) atoms. The summed E-state index contributed by atoms with van der Waals surface area (Å²) < 4.78 is 5.11. The molecule has 0 saturated carbocycles. The van der Waals surface area contributed by atoms with Gasteiger partial charge in [0.05, 0.1) is 13.5 Å². The Morgan fingerprint density at radius 3 is 2.88 bits per heavy atom. The summed E-state index contributed by atoms with van der Waals surface area (Å²) in [6, 6.07) is 5.46. The van der Waals surface area contributed by atoms with Crippen molar-refractivity contribution in [2.24, 2.45) is 5.92 Å². The Hall–Kier alpha value is -1.55. The fourth-order valence-corrected chi connectivity index (χ4v) is 2.53. The summed E-state index contributed by atoms with van der Waals surface area (Å²) in [6.07, 6.45) is 0.428. The van der Waals surface area contributed by atoms with Gasteiger partial charge >= 0.3 is 5.97 Å². The minimum atomic E-state index is -1.28. The van der Waals surface area contributed by atoms with Crippen molar-refractivity contribution in [3.8, 4) is 5.75 Å². The maximum atomic E-state index is 10.9. The van der Waals surface area contributed by atoms with E-state index in [4.69, 9.17) is 9.84 Å². The summed E-state index contributed by atoms with van der Waals surface area (Å²) in [5, 5.41) is 19.5. The largest absolute Gasteiger partial charge is 0.497 e. The highest BCUT2D eigenvalue weighted by atomic mass is 16.5. The molecule has 0 fully saturated rings.